The van der Waals surface area contributed by atoms with E-state index in [1.165, 1.54) is 0 Å². The Kier molecular flexibility index (Phi) is 3.68. The number of hydrogen-bond donors (Lipinski definition) is 1. The van der Waals surface area contributed by atoms with Gasteiger partial charge in [0, 0.05) is 17.9 Å². The highest BCUT2D eigenvalue weighted by Crippen LogP contribution is 2.28. The lowest BCUT2D eigenvalue weighted by Crippen LogP contribution is -2.35. The molecule has 2 rings (SSSR count). The third-order valence-corrected chi connectivity index (χ3v) is 3.46. The quantitative estimate of drug-likeness (QED) is 0.804. The van der Waals surface area contributed by atoms with E-state index < -0.39 is 0 Å². The van der Waals surface area contributed by atoms with Gasteiger partial charge in [0.05, 0.1) is 12.2 Å². The second-order valence-corrected chi connectivity index (χ2v) is 4.59. The second kappa shape index (κ2) is 5.23. The first kappa shape index (κ1) is 12.0. The standard InChI is InChI=1S/C12H14N2O2S/c1-17-10-5-3-2-4-9(10)14-7-6-11(15)13-8-12(14)16/h2-5H,6-8H2,1H3,(H,13,15). The molecule has 1 N–H and O–H groups in total. The van der Waals surface area contributed by atoms with Crippen LogP contribution in [0.15, 0.2) is 29.2 Å². The number of hydrogen-bond acceptors (Lipinski definition) is 3. The Bertz CT molecular complexity index is 448. The minimum atomic E-state index is -0.0671. The van der Waals surface area contributed by atoms with Crippen LogP contribution in [0.3, 0.4) is 0 Å². The first-order chi connectivity index (χ1) is 8.22. The van der Waals surface area contributed by atoms with Crippen molar-refractivity contribution in [3.8, 4) is 0 Å². The third-order valence-electron chi connectivity index (χ3n) is 2.68. The molecule has 0 aromatic heterocycles. The Balaban J connectivity index is 2.31. The maximum absolute atomic E-state index is 11.9. The van der Waals surface area contributed by atoms with E-state index in [2.05, 4.69) is 5.32 Å². The van der Waals surface area contributed by atoms with Crippen molar-refractivity contribution < 1.29 is 9.59 Å². The molecule has 2 amide bonds. The van der Waals surface area contributed by atoms with Crippen LogP contribution in [-0.4, -0.2) is 31.2 Å². The molecule has 1 aliphatic rings. The zero-order chi connectivity index (χ0) is 12.3. The predicted octanol–water partition coefficient (Wildman–Crippen LogP) is 1.26. The maximum atomic E-state index is 11.9. The molecule has 1 fully saturated rings. The molecule has 1 aromatic rings. The lowest BCUT2D eigenvalue weighted by atomic mass is 10.2. The number of benzene rings is 1. The fourth-order valence-electron chi connectivity index (χ4n) is 1.80. The van der Waals surface area contributed by atoms with E-state index in [4.69, 9.17) is 0 Å². The van der Waals surface area contributed by atoms with Crippen molar-refractivity contribution in [2.75, 3.05) is 24.2 Å². The summed E-state index contributed by atoms with van der Waals surface area (Å²) < 4.78 is 0. The van der Waals surface area contributed by atoms with E-state index >= 15 is 0 Å². The van der Waals surface area contributed by atoms with Crippen molar-refractivity contribution in [1.29, 1.82) is 0 Å². The third kappa shape index (κ3) is 2.61. The van der Waals surface area contributed by atoms with Gasteiger partial charge in [0.25, 0.3) is 0 Å². The fraction of sp³-hybridized carbons (Fsp3) is 0.333. The van der Waals surface area contributed by atoms with Gasteiger partial charge in [-0.2, -0.15) is 0 Å². The highest BCUT2D eigenvalue weighted by molar-refractivity contribution is 7.98. The molecule has 0 saturated carbocycles. The maximum Gasteiger partial charge on any atom is 0.246 e. The van der Waals surface area contributed by atoms with E-state index in [9.17, 15) is 9.59 Å². The molecule has 0 bridgehead atoms. The van der Waals surface area contributed by atoms with Crippen LogP contribution in [0.2, 0.25) is 0 Å². The highest BCUT2D eigenvalue weighted by atomic mass is 32.2. The van der Waals surface area contributed by atoms with E-state index in [-0.39, 0.29) is 18.4 Å². The van der Waals surface area contributed by atoms with Crippen LogP contribution in [0, 0.1) is 0 Å². The van der Waals surface area contributed by atoms with E-state index in [1.807, 2.05) is 30.5 Å². The van der Waals surface area contributed by atoms with Crippen LogP contribution in [-0.2, 0) is 9.59 Å². The van der Waals surface area contributed by atoms with Gasteiger partial charge in [0.15, 0.2) is 0 Å². The van der Waals surface area contributed by atoms with E-state index in [1.54, 1.807) is 16.7 Å². The normalized spacial score (nSPS) is 16.6. The number of nitrogens with one attached hydrogen (secondary N) is 1. The number of carbonyl (C=O) groups excluding carboxylic acids is 2. The summed E-state index contributed by atoms with van der Waals surface area (Å²) in [7, 11) is 0. The summed E-state index contributed by atoms with van der Waals surface area (Å²) in [5.74, 6) is -0.125. The molecule has 4 nitrogen and oxygen atoms in total. The van der Waals surface area contributed by atoms with Gasteiger partial charge < -0.3 is 10.2 Å². The molecular formula is C12H14N2O2S. The van der Waals surface area contributed by atoms with Crippen molar-refractivity contribution in [2.24, 2.45) is 0 Å². The van der Waals surface area contributed by atoms with Crippen LogP contribution in [0.1, 0.15) is 6.42 Å². The molecule has 0 unspecified atom stereocenters. The number of carbonyl (C=O) groups is 2. The van der Waals surface area contributed by atoms with Gasteiger partial charge >= 0.3 is 0 Å². The molecule has 0 radical (unpaired) electrons. The van der Waals surface area contributed by atoms with Crippen LogP contribution in [0.25, 0.3) is 0 Å². The summed E-state index contributed by atoms with van der Waals surface area (Å²) in [6, 6.07) is 7.75. The molecule has 1 heterocycles. The molecule has 90 valence electrons. The highest BCUT2D eigenvalue weighted by Gasteiger charge is 2.22. The molecule has 1 aromatic carbocycles. The number of anilines is 1. The Morgan fingerprint density at radius 1 is 1.29 bits per heavy atom. The molecule has 0 spiro atoms. The van der Waals surface area contributed by atoms with Crippen molar-refractivity contribution >= 4 is 29.3 Å². The molecule has 0 atom stereocenters. The Morgan fingerprint density at radius 3 is 2.82 bits per heavy atom. The van der Waals surface area contributed by atoms with Crippen LogP contribution < -0.4 is 10.2 Å². The summed E-state index contributed by atoms with van der Waals surface area (Å²) in [4.78, 5) is 25.9. The Labute approximate surface area is 104 Å². The summed E-state index contributed by atoms with van der Waals surface area (Å²) in [5.41, 5.74) is 0.890. The second-order valence-electron chi connectivity index (χ2n) is 3.74. The van der Waals surface area contributed by atoms with Gasteiger partial charge in [-0.15, -0.1) is 11.8 Å². The molecule has 0 aliphatic carbocycles. The van der Waals surface area contributed by atoms with Crippen molar-refractivity contribution in [2.45, 2.75) is 11.3 Å². The Hall–Kier alpha value is -1.49. The minimum Gasteiger partial charge on any atom is -0.347 e. The monoisotopic (exact) mass is 250 g/mol. The summed E-state index contributed by atoms with van der Waals surface area (Å²) in [6.45, 7) is 0.532. The van der Waals surface area contributed by atoms with Gasteiger partial charge in [0.2, 0.25) is 11.8 Å². The predicted molar refractivity (Wildman–Crippen MR) is 68.2 cm³/mol. The largest absolute Gasteiger partial charge is 0.347 e. The number of nitrogens with zero attached hydrogens (tertiary/aromatic N) is 1. The molecular weight excluding hydrogens is 236 g/mol. The summed E-state index contributed by atoms with van der Waals surface area (Å²) in [5, 5.41) is 2.59. The number of thioether (sulfide) groups is 1. The molecule has 1 aliphatic heterocycles. The van der Waals surface area contributed by atoms with Gasteiger partial charge in [-0.1, -0.05) is 12.1 Å². The minimum absolute atomic E-state index is 0.0580. The summed E-state index contributed by atoms with van der Waals surface area (Å²) in [6.07, 6.45) is 2.33. The van der Waals surface area contributed by atoms with Crippen molar-refractivity contribution in [3.63, 3.8) is 0 Å². The van der Waals surface area contributed by atoms with Crippen LogP contribution >= 0.6 is 11.8 Å². The zero-order valence-electron chi connectivity index (χ0n) is 9.60. The molecule has 1 saturated heterocycles. The lowest BCUT2D eigenvalue weighted by Gasteiger charge is -2.22. The molecule has 5 heteroatoms. The SMILES string of the molecule is CSc1ccccc1N1CCC(=O)NCC1=O. The van der Waals surface area contributed by atoms with Crippen LogP contribution in [0.5, 0.6) is 0 Å². The van der Waals surface area contributed by atoms with Gasteiger partial charge in [0.1, 0.15) is 0 Å². The number of rotatable bonds is 2. The van der Waals surface area contributed by atoms with Crippen molar-refractivity contribution in [3.05, 3.63) is 24.3 Å². The average Bonchev–Trinajstić information content (AvgIpc) is 2.52. The zero-order valence-corrected chi connectivity index (χ0v) is 10.4. The fourth-order valence-corrected chi connectivity index (χ4v) is 2.41. The number of para-hydroxylation sites is 1. The number of amides is 2. The van der Waals surface area contributed by atoms with Crippen LogP contribution in [0.4, 0.5) is 5.69 Å². The first-order valence-electron chi connectivity index (χ1n) is 5.42. The smallest absolute Gasteiger partial charge is 0.246 e. The Morgan fingerprint density at radius 2 is 2.06 bits per heavy atom. The lowest BCUT2D eigenvalue weighted by molar-refractivity contribution is -0.123. The molecule has 17 heavy (non-hydrogen) atoms. The van der Waals surface area contributed by atoms with Crippen molar-refractivity contribution in [1.82, 2.24) is 5.32 Å². The average molecular weight is 250 g/mol. The van der Waals surface area contributed by atoms with Gasteiger partial charge in [-0.3, -0.25) is 9.59 Å². The topological polar surface area (TPSA) is 49.4 Å². The first-order valence-corrected chi connectivity index (χ1v) is 6.65. The van der Waals surface area contributed by atoms with Gasteiger partial charge in [-0.25, -0.2) is 0 Å². The van der Waals surface area contributed by atoms with E-state index in [0.29, 0.717) is 13.0 Å². The summed E-state index contributed by atoms with van der Waals surface area (Å²) >= 11 is 1.60. The van der Waals surface area contributed by atoms with Gasteiger partial charge in [-0.05, 0) is 18.4 Å². The van der Waals surface area contributed by atoms with E-state index in [0.717, 1.165) is 10.6 Å².